The standard InChI is InChI=1S/6C10H20.3CH3.3Sm/c6*1-6-7(2)9(4)10(5)8(6)3;;;;;;/h6*6-10H,1-5H3;3*1H3;;;/q;;;;;;3*-1;3*+3. The van der Waals surface area contributed by atoms with E-state index < -0.39 is 0 Å². The molecule has 6 aliphatic carbocycles. The van der Waals surface area contributed by atoms with E-state index in [1.807, 2.05) is 0 Å². The van der Waals surface area contributed by atoms with Gasteiger partial charge in [-0.1, -0.05) is 208 Å². The summed E-state index contributed by atoms with van der Waals surface area (Å²) in [7, 11) is 0. The van der Waals surface area contributed by atoms with Crippen LogP contribution in [0.15, 0.2) is 0 Å². The van der Waals surface area contributed by atoms with Crippen LogP contribution in [0.2, 0.25) is 0 Å². The predicted molar refractivity (Wildman–Crippen MR) is 294 cm³/mol. The first kappa shape index (κ1) is 81.4. The van der Waals surface area contributed by atoms with Gasteiger partial charge in [-0.25, -0.2) is 0 Å². The Morgan fingerprint density at radius 1 is 0.0909 bits per heavy atom. The van der Waals surface area contributed by atoms with Crippen LogP contribution in [0, 0.1) is 321 Å². The summed E-state index contributed by atoms with van der Waals surface area (Å²) in [5, 5.41) is 0. The molecular weight excluding hydrogens is 1210 g/mol. The molecule has 0 unspecified atom stereocenters. The Morgan fingerprint density at radius 3 is 0.121 bits per heavy atom. The average molecular weight is 1340 g/mol. The fraction of sp³-hybridized carbons (Fsp3) is 0.952. The van der Waals surface area contributed by atoms with Crippen LogP contribution in [-0.4, -0.2) is 0 Å². The first-order chi connectivity index (χ1) is 27.3. The first-order valence-electron chi connectivity index (χ1n) is 27.3. The zero-order chi connectivity index (χ0) is 47.3. The molecule has 0 nitrogen and oxygen atoms in total. The molecule has 6 rings (SSSR count). The maximum absolute atomic E-state index is 2.40. The van der Waals surface area contributed by atoms with Crippen LogP contribution in [0.25, 0.3) is 0 Å². The summed E-state index contributed by atoms with van der Waals surface area (Å²) in [6, 6.07) is 0. The third-order valence-corrected chi connectivity index (χ3v) is 24.9. The molecule has 6 fully saturated rings. The van der Waals surface area contributed by atoms with Gasteiger partial charge in [-0.3, -0.25) is 0 Å². The Balaban J connectivity index is -0.000000161. The molecule has 0 amide bonds. The van der Waals surface area contributed by atoms with Crippen LogP contribution in [0.5, 0.6) is 0 Å². The smallest absolute Gasteiger partial charge is 0.358 e. The number of rotatable bonds is 0. The van der Waals surface area contributed by atoms with E-state index in [9.17, 15) is 0 Å². The topological polar surface area (TPSA) is 0 Å². The van der Waals surface area contributed by atoms with E-state index in [1.165, 1.54) is 0 Å². The summed E-state index contributed by atoms with van der Waals surface area (Å²) in [5.74, 6) is 28.1. The average Bonchev–Trinajstić information content (AvgIpc) is 3.79. The van der Waals surface area contributed by atoms with Crippen molar-refractivity contribution in [2.45, 2.75) is 208 Å². The largest absolute Gasteiger partial charge is 3.00 e. The molecule has 0 aromatic carbocycles. The van der Waals surface area contributed by atoms with Crippen molar-refractivity contribution in [2.24, 2.45) is 178 Å². The van der Waals surface area contributed by atoms with E-state index in [1.54, 1.807) is 0 Å². The molecule has 393 valence electrons. The van der Waals surface area contributed by atoms with Gasteiger partial charge in [0.1, 0.15) is 0 Å². The maximum atomic E-state index is 2.40. The van der Waals surface area contributed by atoms with Crippen LogP contribution in [0.3, 0.4) is 0 Å². The van der Waals surface area contributed by atoms with E-state index in [2.05, 4.69) is 208 Å². The summed E-state index contributed by atoms with van der Waals surface area (Å²) in [6.07, 6.45) is 0. The normalized spacial score (nSPS) is 50.5. The quantitative estimate of drug-likeness (QED) is 0.212. The van der Waals surface area contributed by atoms with Crippen molar-refractivity contribution in [3.63, 3.8) is 0 Å². The minimum atomic E-state index is 0. The van der Waals surface area contributed by atoms with E-state index >= 15 is 0 Å². The molecule has 0 saturated heterocycles. The molecule has 0 spiro atoms. The zero-order valence-electron chi connectivity index (χ0n) is 51.5. The van der Waals surface area contributed by atoms with Gasteiger partial charge < -0.3 is 22.3 Å². The molecule has 0 N–H and O–H groups in total. The van der Waals surface area contributed by atoms with Crippen LogP contribution >= 0.6 is 0 Å². The molecule has 6 aliphatic rings. The Kier molecular flexibility index (Phi) is 44.5. The van der Waals surface area contributed by atoms with Crippen molar-refractivity contribution in [2.75, 3.05) is 0 Å². The van der Waals surface area contributed by atoms with E-state index in [0.717, 1.165) is 178 Å². The Hall–Kier alpha value is 4.01. The maximum Gasteiger partial charge on any atom is 3.00 e. The van der Waals surface area contributed by atoms with Crippen molar-refractivity contribution in [1.82, 2.24) is 0 Å². The molecule has 0 aromatic heterocycles. The molecule has 0 aromatic rings. The van der Waals surface area contributed by atoms with Gasteiger partial charge >= 0.3 is 121 Å². The van der Waals surface area contributed by atoms with Gasteiger partial charge in [0, 0.05) is 0 Å². The van der Waals surface area contributed by atoms with Gasteiger partial charge in [0.2, 0.25) is 0 Å². The summed E-state index contributed by atoms with van der Waals surface area (Å²) in [5.41, 5.74) is 0. The minimum absolute atomic E-state index is 0. The molecule has 6 saturated carbocycles. The fourth-order valence-electron chi connectivity index (χ4n) is 14.4. The monoisotopic (exact) mass is 1340 g/mol. The predicted octanol–water partition coefficient (Wildman–Crippen LogP) is 20.4. The van der Waals surface area contributed by atoms with E-state index in [4.69, 9.17) is 0 Å². The van der Waals surface area contributed by atoms with Gasteiger partial charge in [0.15, 0.2) is 0 Å². The van der Waals surface area contributed by atoms with Crippen LogP contribution < -0.4 is 0 Å². The molecule has 3 heteroatoms. The van der Waals surface area contributed by atoms with Crippen LogP contribution in [0.1, 0.15) is 208 Å². The first-order valence-corrected chi connectivity index (χ1v) is 27.3. The second kappa shape index (κ2) is 36.1. The molecule has 66 heavy (non-hydrogen) atoms. The molecule has 0 bridgehead atoms. The molecule has 0 heterocycles. The van der Waals surface area contributed by atoms with Crippen molar-refractivity contribution in [3.8, 4) is 0 Å². The van der Waals surface area contributed by atoms with Crippen LogP contribution in [-0.2, 0) is 0 Å². The van der Waals surface area contributed by atoms with Crippen LogP contribution in [0.4, 0.5) is 0 Å². The third kappa shape index (κ3) is 19.9. The van der Waals surface area contributed by atoms with Gasteiger partial charge in [-0.15, -0.1) is 0 Å². The van der Waals surface area contributed by atoms with Gasteiger partial charge in [-0.05, 0) is 178 Å². The minimum Gasteiger partial charge on any atom is -0.358 e. The Labute approximate surface area is 521 Å². The summed E-state index contributed by atoms with van der Waals surface area (Å²) in [4.78, 5) is 0. The van der Waals surface area contributed by atoms with Crippen molar-refractivity contribution >= 4 is 0 Å². The van der Waals surface area contributed by atoms with Gasteiger partial charge in [0.05, 0.1) is 0 Å². The number of hydrogen-bond acceptors (Lipinski definition) is 0. The zero-order valence-corrected chi connectivity index (χ0v) is 59.4. The summed E-state index contributed by atoms with van der Waals surface area (Å²) < 4.78 is 0. The third-order valence-electron chi connectivity index (χ3n) is 24.9. The Morgan fingerprint density at radius 2 is 0.106 bits per heavy atom. The number of hydrogen-bond donors (Lipinski definition) is 0. The summed E-state index contributed by atoms with van der Waals surface area (Å²) >= 11 is 0. The SMILES string of the molecule is CC1C(C)C(C)C(C)C1C.CC1C(C)C(C)C(C)C1C.CC1C(C)C(C)C(C)C1C.CC1C(C)C(C)C(C)C1C.CC1C(C)C(C)C(C)C1C.CC1C(C)C(C)C(C)C1C.[CH3-].[CH3-].[CH3-].[Sm+3].[Sm+3].[Sm+3]. The summed E-state index contributed by atoms with van der Waals surface area (Å²) in [6.45, 7) is 71.9. The van der Waals surface area contributed by atoms with Crippen molar-refractivity contribution < 1.29 is 121 Å². The molecule has 0 aliphatic heterocycles. The Bertz CT molecular complexity index is 685. The molecule has 0 atom stereocenters. The molecule has 3 radical (unpaired) electrons. The van der Waals surface area contributed by atoms with E-state index in [0.29, 0.717) is 0 Å². The van der Waals surface area contributed by atoms with Crippen molar-refractivity contribution in [1.29, 1.82) is 0 Å². The van der Waals surface area contributed by atoms with Crippen molar-refractivity contribution in [3.05, 3.63) is 22.3 Å². The second-order valence-electron chi connectivity index (χ2n) is 25.8. The second-order valence-corrected chi connectivity index (χ2v) is 25.8. The van der Waals surface area contributed by atoms with Gasteiger partial charge in [0.25, 0.3) is 0 Å². The molecular formula is C63H129Sm3+6. The van der Waals surface area contributed by atoms with E-state index in [-0.39, 0.29) is 143 Å². The van der Waals surface area contributed by atoms with Gasteiger partial charge in [-0.2, -0.15) is 0 Å². The fourth-order valence-corrected chi connectivity index (χ4v) is 14.4.